The highest BCUT2D eigenvalue weighted by Gasteiger charge is 2.36. The topological polar surface area (TPSA) is 26.0 Å². The third-order valence-electron chi connectivity index (χ3n) is 4.66. The molecule has 0 aromatic heterocycles. The van der Waals surface area contributed by atoms with E-state index in [4.69, 9.17) is 5.73 Å². The van der Waals surface area contributed by atoms with Gasteiger partial charge in [-0.05, 0) is 36.1 Å². The Bertz CT molecular complexity index is 746. The van der Waals surface area contributed by atoms with E-state index in [0.717, 1.165) is 6.42 Å². The van der Waals surface area contributed by atoms with Crippen molar-refractivity contribution in [2.45, 2.75) is 18.1 Å². The summed E-state index contributed by atoms with van der Waals surface area (Å²) < 4.78 is 0. The lowest BCUT2D eigenvalue weighted by atomic mass is 10.1. The molecule has 0 saturated heterocycles. The first-order valence-electron chi connectivity index (χ1n) is 8.07. The second-order valence-corrected chi connectivity index (χ2v) is 8.47. The largest absolute Gasteiger partial charge is 0.323 e. The molecule has 0 aliphatic heterocycles. The smallest absolute Gasteiger partial charge is 0.0375 e. The molecule has 4 rings (SSSR count). The zero-order chi connectivity index (χ0) is 15.6. The number of hydrogen-bond donors (Lipinski definition) is 1. The molecule has 3 aromatic carbocycles. The summed E-state index contributed by atoms with van der Waals surface area (Å²) in [6.45, 7) is 0. The van der Waals surface area contributed by atoms with Crippen molar-refractivity contribution in [1.29, 1.82) is 0 Å². The van der Waals surface area contributed by atoms with Crippen LogP contribution in [0.4, 0.5) is 0 Å². The van der Waals surface area contributed by atoms with Crippen molar-refractivity contribution in [3.8, 4) is 0 Å². The molecule has 2 heteroatoms. The van der Waals surface area contributed by atoms with Gasteiger partial charge in [0.25, 0.3) is 0 Å². The maximum Gasteiger partial charge on any atom is 0.0375 e. The molecular weight excluding hydrogens is 297 g/mol. The van der Waals surface area contributed by atoms with Crippen molar-refractivity contribution in [3.05, 3.63) is 96.1 Å². The number of nitrogens with two attached hydrogens (primary N) is 1. The third-order valence-corrected chi connectivity index (χ3v) is 7.53. The third kappa shape index (κ3) is 2.72. The van der Waals surface area contributed by atoms with Crippen LogP contribution in [-0.2, 0) is 6.42 Å². The normalized spacial score (nSPS) is 19.7. The predicted octanol–water partition coefficient (Wildman–Crippen LogP) is 3.74. The monoisotopic (exact) mass is 317 g/mol. The van der Waals surface area contributed by atoms with E-state index in [2.05, 4.69) is 84.9 Å². The number of fused-ring (bicyclic) bond motifs is 1. The highest BCUT2D eigenvalue weighted by atomic mass is 31.1. The van der Waals surface area contributed by atoms with Crippen LogP contribution in [-0.4, -0.2) is 5.66 Å². The number of benzene rings is 3. The Balaban J connectivity index is 1.79. The Kier molecular flexibility index (Phi) is 3.99. The highest BCUT2D eigenvalue weighted by Crippen LogP contribution is 2.50. The van der Waals surface area contributed by atoms with Gasteiger partial charge in [-0.25, -0.2) is 0 Å². The summed E-state index contributed by atoms with van der Waals surface area (Å²) in [6, 6.07) is 30.6. The summed E-state index contributed by atoms with van der Waals surface area (Å²) in [7, 11) is -0.463. The molecule has 0 amide bonds. The van der Waals surface area contributed by atoms with E-state index in [1.807, 2.05) is 0 Å². The Morgan fingerprint density at radius 2 is 1.22 bits per heavy atom. The Hall–Kier alpha value is -1.95. The van der Waals surface area contributed by atoms with Crippen LogP contribution in [0.5, 0.6) is 0 Å². The summed E-state index contributed by atoms with van der Waals surface area (Å²) in [6.07, 6.45) is 1.08. The quantitative estimate of drug-likeness (QED) is 0.732. The van der Waals surface area contributed by atoms with Gasteiger partial charge in [-0.15, -0.1) is 0 Å². The van der Waals surface area contributed by atoms with Gasteiger partial charge in [0.15, 0.2) is 0 Å². The molecule has 1 nitrogen and oxygen atoms in total. The zero-order valence-corrected chi connectivity index (χ0v) is 13.9. The molecule has 0 spiro atoms. The second-order valence-electron chi connectivity index (χ2n) is 6.04. The first kappa shape index (κ1) is 14.6. The van der Waals surface area contributed by atoms with Crippen LogP contribution in [0, 0.1) is 0 Å². The summed E-state index contributed by atoms with van der Waals surface area (Å²) >= 11 is 0. The fourth-order valence-corrected chi connectivity index (χ4v) is 6.48. The average Bonchev–Trinajstić information content (AvgIpc) is 2.94. The fourth-order valence-electron chi connectivity index (χ4n) is 3.57. The van der Waals surface area contributed by atoms with Crippen LogP contribution in [0.15, 0.2) is 84.9 Å². The van der Waals surface area contributed by atoms with Crippen molar-refractivity contribution >= 4 is 18.5 Å². The standard InChI is InChI=1S/C21H20NP/c22-21-19-14-8-7-9-16(19)15-20(21)23(17-10-3-1-4-11-17)18-12-5-2-6-13-18/h1-14,20-21H,15,22H2/t20?,21-/m0/s1. The molecule has 0 fully saturated rings. The lowest BCUT2D eigenvalue weighted by Gasteiger charge is -2.28. The maximum atomic E-state index is 6.68. The molecule has 0 heterocycles. The molecule has 1 aliphatic carbocycles. The van der Waals surface area contributed by atoms with Crippen LogP contribution in [0.25, 0.3) is 0 Å². The van der Waals surface area contributed by atoms with E-state index in [-0.39, 0.29) is 6.04 Å². The fraction of sp³-hybridized carbons (Fsp3) is 0.143. The van der Waals surface area contributed by atoms with E-state index >= 15 is 0 Å². The summed E-state index contributed by atoms with van der Waals surface area (Å²) in [4.78, 5) is 0. The van der Waals surface area contributed by atoms with E-state index in [0.29, 0.717) is 5.66 Å². The van der Waals surface area contributed by atoms with E-state index in [9.17, 15) is 0 Å². The minimum atomic E-state index is -0.463. The Labute approximate surface area is 138 Å². The van der Waals surface area contributed by atoms with Crippen LogP contribution in [0.1, 0.15) is 17.2 Å². The molecular formula is C21H20NP. The molecule has 2 atom stereocenters. The summed E-state index contributed by atoms with van der Waals surface area (Å²) in [5, 5.41) is 2.84. The lowest BCUT2D eigenvalue weighted by molar-refractivity contribution is 0.726. The first-order valence-corrected chi connectivity index (χ1v) is 9.48. The maximum absolute atomic E-state index is 6.68. The molecule has 0 saturated carbocycles. The zero-order valence-electron chi connectivity index (χ0n) is 13.0. The Morgan fingerprint density at radius 3 is 1.78 bits per heavy atom. The van der Waals surface area contributed by atoms with Gasteiger partial charge >= 0.3 is 0 Å². The van der Waals surface area contributed by atoms with Gasteiger partial charge in [0.1, 0.15) is 0 Å². The predicted molar refractivity (Wildman–Crippen MR) is 99.9 cm³/mol. The van der Waals surface area contributed by atoms with Crippen LogP contribution in [0.3, 0.4) is 0 Å². The summed E-state index contributed by atoms with van der Waals surface area (Å²) in [5.74, 6) is 0. The van der Waals surface area contributed by atoms with Crippen LogP contribution < -0.4 is 16.3 Å². The van der Waals surface area contributed by atoms with E-state index in [1.54, 1.807) is 0 Å². The SMILES string of the molecule is N[C@H]1c2ccccc2CC1P(c1ccccc1)c1ccccc1. The average molecular weight is 317 g/mol. The van der Waals surface area contributed by atoms with Crippen molar-refractivity contribution in [2.75, 3.05) is 0 Å². The molecule has 23 heavy (non-hydrogen) atoms. The second kappa shape index (κ2) is 6.28. The van der Waals surface area contributed by atoms with Crippen molar-refractivity contribution < 1.29 is 0 Å². The van der Waals surface area contributed by atoms with Crippen molar-refractivity contribution in [2.24, 2.45) is 5.73 Å². The van der Waals surface area contributed by atoms with Gasteiger partial charge in [0.2, 0.25) is 0 Å². The number of rotatable bonds is 3. The van der Waals surface area contributed by atoms with Gasteiger partial charge in [-0.1, -0.05) is 84.9 Å². The molecule has 3 aromatic rings. The highest BCUT2D eigenvalue weighted by molar-refractivity contribution is 7.73. The van der Waals surface area contributed by atoms with Gasteiger partial charge in [0, 0.05) is 11.7 Å². The Morgan fingerprint density at radius 1 is 0.696 bits per heavy atom. The molecule has 1 unspecified atom stereocenters. The van der Waals surface area contributed by atoms with Gasteiger partial charge < -0.3 is 5.73 Å². The minimum Gasteiger partial charge on any atom is -0.323 e. The van der Waals surface area contributed by atoms with Crippen molar-refractivity contribution in [1.82, 2.24) is 0 Å². The van der Waals surface area contributed by atoms with Gasteiger partial charge in [0.05, 0.1) is 0 Å². The molecule has 114 valence electrons. The van der Waals surface area contributed by atoms with Crippen LogP contribution in [0.2, 0.25) is 0 Å². The lowest BCUT2D eigenvalue weighted by Crippen LogP contribution is -2.28. The molecule has 0 radical (unpaired) electrons. The summed E-state index contributed by atoms with van der Waals surface area (Å²) in [5.41, 5.74) is 9.90. The van der Waals surface area contributed by atoms with Crippen LogP contribution >= 0.6 is 7.92 Å². The molecule has 2 N–H and O–H groups in total. The van der Waals surface area contributed by atoms with Gasteiger partial charge in [-0.3, -0.25) is 0 Å². The van der Waals surface area contributed by atoms with E-state index < -0.39 is 7.92 Å². The van der Waals surface area contributed by atoms with Gasteiger partial charge in [-0.2, -0.15) is 0 Å². The minimum absolute atomic E-state index is 0.123. The molecule has 1 aliphatic rings. The van der Waals surface area contributed by atoms with Crippen molar-refractivity contribution in [3.63, 3.8) is 0 Å². The first-order chi connectivity index (χ1) is 11.3. The van der Waals surface area contributed by atoms with E-state index in [1.165, 1.54) is 21.7 Å². The molecule has 0 bridgehead atoms. The number of hydrogen-bond acceptors (Lipinski definition) is 1.